The second kappa shape index (κ2) is 6.38. The molecule has 1 amide bonds. The zero-order valence-corrected chi connectivity index (χ0v) is 12.2. The Balaban J connectivity index is 2.27. The van der Waals surface area contributed by atoms with Crippen LogP contribution in [0.15, 0.2) is 12.1 Å². The summed E-state index contributed by atoms with van der Waals surface area (Å²) in [6.45, 7) is 4.09. The lowest BCUT2D eigenvalue weighted by atomic mass is 10.3. The van der Waals surface area contributed by atoms with E-state index in [0.29, 0.717) is 31.3 Å². The van der Waals surface area contributed by atoms with Crippen molar-refractivity contribution in [2.24, 2.45) is 0 Å². The van der Waals surface area contributed by atoms with Gasteiger partial charge in [-0.2, -0.15) is 0 Å². The van der Waals surface area contributed by atoms with Crippen LogP contribution in [0.4, 0.5) is 17.3 Å². The molecule has 1 aromatic heterocycles. The van der Waals surface area contributed by atoms with E-state index in [1.807, 2.05) is 6.92 Å². The van der Waals surface area contributed by atoms with Crippen molar-refractivity contribution in [3.8, 4) is 0 Å². The SMILES string of the molecule is CCCNc1cc([N+](=O)[O-])cc(N2CCN(C)C(=O)C2)n1. The molecule has 114 valence electrons. The summed E-state index contributed by atoms with van der Waals surface area (Å²) in [4.78, 5) is 30.1. The number of anilines is 2. The van der Waals surface area contributed by atoms with Crippen LogP contribution in [0.5, 0.6) is 0 Å². The molecule has 0 spiro atoms. The fraction of sp³-hybridized carbons (Fsp3) is 0.538. The van der Waals surface area contributed by atoms with E-state index in [2.05, 4.69) is 10.3 Å². The summed E-state index contributed by atoms with van der Waals surface area (Å²) in [5, 5.41) is 14.1. The number of piperazine rings is 1. The van der Waals surface area contributed by atoms with Crippen molar-refractivity contribution in [3.05, 3.63) is 22.2 Å². The Morgan fingerprint density at radius 1 is 1.43 bits per heavy atom. The molecule has 8 nitrogen and oxygen atoms in total. The second-order valence-electron chi connectivity index (χ2n) is 4.99. The minimum atomic E-state index is -0.444. The van der Waals surface area contributed by atoms with Gasteiger partial charge < -0.3 is 15.1 Å². The molecule has 1 aliphatic rings. The summed E-state index contributed by atoms with van der Waals surface area (Å²) in [7, 11) is 1.74. The van der Waals surface area contributed by atoms with Crippen LogP contribution < -0.4 is 10.2 Å². The van der Waals surface area contributed by atoms with Gasteiger partial charge in [-0.25, -0.2) is 4.98 Å². The van der Waals surface area contributed by atoms with Gasteiger partial charge >= 0.3 is 0 Å². The van der Waals surface area contributed by atoms with E-state index >= 15 is 0 Å². The zero-order valence-electron chi connectivity index (χ0n) is 12.2. The molecule has 8 heteroatoms. The molecule has 0 aromatic carbocycles. The van der Waals surface area contributed by atoms with Crippen molar-refractivity contribution in [1.29, 1.82) is 0 Å². The van der Waals surface area contributed by atoms with E-state index in [9.17, 15) is 14.9 Å². The summed E-state index contributed by atoms with van der Waals surface area (Å²) in [5.41, 5.74) is -0.0232. The number of rotatable bonds is 5. The average molecular weight is 293 g/mol. The Bertz CT molecular complexity index is 549. The topological polar surface area (TPSA) is 91.6 Å². The first-order valence-corrected chi connectivity index (χ1v) is 6.90. The number of pyridine rings is 1. The second-order valence-corrected chi connectivity index (χ2v) is 4.99. The lowest BCUT2D eigenvalue weighted by Crippen LogP contribution is -2.48. The molecule has 2 heterocycles. The monoisotopic (exact) mass is 293 g/mol. The summed E-state index contributed by atoms with van der Waals surface area (Å²) in [5.74, 6) is 0.911. The van der Waals surface area contributed by atoms with Crippen LogP contribution in [0.1, 0.15) is 13.3 Å². The van der Waals surface area contributed by atoms with Gasteiger partial charge in [-0.1, -0.05) is 6.92 Å². The quantitative estimate of drug-likeness (QED) is 0.645. The molecule has 21 heavy (non-hydrogen) atoms. The maximum Gasteiger partial charge on any atom is 0.276 e. The maximum atomic E-state index is 11.8. The number of nitro groups is 1. The van der Waals surface area contributed by atoms with Gasteiger partial charge in [0, 0.05) is 26.7 Å². The van der Waals surface area contributed by atoms with Gasteiger partial charge in [0.2, 0.25) is 5.91 Å². The van der Waals surface area contributed by atoms with Gasteiger partial charge in [-0.15, -0.1) is 0 Å². The van der Waals surface area contributed by atoms with Crippen molar-refractivity contribution < 1.29 is 9.72 Å². The van der Waals surface area contributed by atoms with Crippen LogP contribution in [0, 0.1) is 10.1 Å². The van der Waals surface area contributed by atoms with Crippen molar-refractivity contribution in [2.45, 2.75) is 13.3 Å². The van der Waals surface area contributed by atoms with E-state index in [1.165, 1.54) is 12.1 Å². The van der Waals surface area contributed by atoms with Crippen molar-refractivity contribution in [2.75, 3.05) is 43.4 Å². The minimum absolute atomic E-state index is 0.0161. The molecule has 0 bridgehead atoms. The van der Waals surface area contributed by atoms with E-state index in [-0.39, 0.29) is 18.1 Å². The van der Waals surface area contributed by atoms with Gasteiger partial charge in [0.05, 0.1) is 23.6 Å². The highest BCUT2D eigenvalue weighted by molar-refractivity contribution is 5.82. The van der Waals surface area contributed by atoms with E-state index in [1.54, 1.807) is 16.8 Å². The van der Waals surface area contributed by atoms with Gasteiger partial charge in [0.15, 0.2) is 0 Å². The number of hydrogen-bond acceptors (Lipinski definition) is 6. The predicted molar refractivity (Wildman–Crippen MR) is 79.5 cm³/mol. The molecule has 1 saturated heterocycles. The smallest absolute Gasteiger partial charge is 0.276 e. The summed E-state index contributed by atoms with van der Waals surface area (Å²) < 4.78 is 0. The molecule has 1 aromatic rings. The number of amides is 1. The van der Waals surface area contributed by atoms with E-state index in [4.69, 9.17) is 0 Å². The summed E-state index contributed by atoms with van der Waals surface area (Å²) in [6.07, 6.45) is 0.896. The third-order valence-corrected chi connectivity index (χ3v) is 3.34. The number of likely N-dealkylation sites (N-methyl/N-ethyl adjacent to an activating group) is 1. The highest BCUT2D eigenvalue weighted by Gasteiger charge is 2.24. The molecule has 2 rings (SSSR count). The van der Waals surface area contributed by atoms with Crippen LogP contribution in [0.2, 0.25) is 0 Å². The first-order valence-electron chi connectivity index (χ1n) is 6.90. The summed E-state index contributed by atoms with van der Waals surface area (Å²) in [6, 6.07) is 2.83. The normalized spacial score (nSPS) is 15.2. The highest BCUT2D eigenvalue weighted by Crippen LogP contribution is 2.24. The molecular formula is C13H19N5O3. The largest absolute Gasteiger partial charge is 0.370 e. The first kappa shape index (κ1) is 15.0. The highest BCUT2D eigenvalue weighted by atomic mass is 16.6. The van der Waals surface area contributed by atoms with Crippen LogP contribution in [0.3, 0.4) is 0 Å². The first-order chi connectivity index (χ1) is 10.0. The number of nitrogens with zero attached hydrogens (tertiary/aromatic N) is 4. The maximum absolute atomic E-state index is 11.8. The molecule has 0 saturated carbocycles. The van der Waals surface area contributed by atoms with Crippen molar-refractivity contribution in [3.63, 3.8) is 0 Å². The van der Waals surface area contributed by atoms with Crippen molar-refractivity contribution in [1.82, 2.24) is 9.88 Å². The lowest BCUT2D eigenvalue weighted by Gasteiger charge is -2.32. The van der Waals surface area contributed by atoms with Gasteiger partial charge in [-0.05, 0) is 6.42 Å². The molecular weight excluding hydrogens is 274 g/mol. The Morgan fingerprint density at radius 2 is 2.19 bits per heavy atom. The number of aromatic nitrogens is 1. The number of carbonyl (C=O) groups excluding carboxylic acids is 1. The molecule has 0 atom stereocenters. The Kier molecular flexibility index (Phi) is 4.56. The van der Waals surface area contributed by atoms with Gasteiger partial charge in [0.25, 0.3) is 5.69 Å². The lowest BCUT2D eigenvalue weighted by molar-refractivity contribution is -0.384. The van der Waals surface area contributed by atoms with Crippen LogP contribution in [0.25, 0.3) is 0 Å². The number of carbonyl (C=O) groups is 1. The van der Waals surface area contributed by atoms with Crippen LogP contribution in [-0.4, -0.2) is 53.9 Å². The standard InChI is InChI=1S/C13H19N5O3/c1-3-4-14-11-7-10(18(20)21)8-12(15-11)17-6-5-16(2)13(19)9-17/h7-8H,3-6,9H2,1-2H3,(H,14,15). The molecule has 0 unspecified atom stereocenters. The predicted octanol–water partition coefficient (Wildman–Crippen LogP) is 1.09. The third-order valence-electron chi connectivity index (χ3n) is 3.34. The van der Waals surface area contributed by atoms with Crippen molar-refractivity contribution >= 4 is 23.2 Å². The summed E-state index contributed by atoms with van der Waals surface area (Å²) >= 11 is 0. The molecule has 1 aliphatic heterocycles. The molecule has 1 fully saturated rings. The number of hydrogen-bond donors (Lipinski definition) is 1. The molecule has 0 radical (unpaired) electrons. The van der Waals surface area contributed by atoms with Crippen LogP contribution >= 0.6 is 0 Å². The van der Waals surface area contributed by atoms with Gasteiger partial charge in [-0.3, -0.25) is 14.9 Å². The minimum Gasteiger partial charge on any atom is -0.370 e. The van der Waals surface area contributed by atoms with E-state index < -0.39 is 4.92 Å². The third kappa shape index (κ3) is 3.59. The molecule has 0 aliphatic carbocycles. The molecule has 1 N–H and O–H groups in total. The van der Waals surface area contributed by atoms with Crippen LogP contribution in [-0.2, 0) is 4.79 Å². The zero-order chi connectivity index (χ0) is 15.4. The Labute approximate surface area is 122 Å². The fourth-order valence-corrected chi connectivity index (χ4v) is 2.07. The van der Waals surface area contributed by atoms with Gasteiger partial charge in [0.1, 0.15) is 11.6 Å². The average Bonchev–Trinajstić information content (AvgIpc) is 2.47. The Morgan fingerprint density at radius 3 is 2.81 bits per heavy atom. The fourth-order valence-electron chi connectivity index (χ4n) is 2.07. The van der Waals surface area contributed by atoms with E-state index in [0.717, 1.165) is 6.42 Å². The number of nitrogens with one attached hydrogen (secondary N) is 1. The Hall–Kier alpha value is -2.38.